The molecule has 9 nitrogen and oxygen atoms in total. The van der Waals surface area contributed by atoms with Gasteiger partial charge in [-0.15, -0.1) is 0 Å². The van der Waals surface area contributed by atoms with Crippen molar-refractivity contribution in [3.63, 3.8) is 0 Å². The lowest BCUT2D eigenvalue weighted by atomic mass is 9.80. The summed E-state index contributed by atoms with van der Waals surface area (Å²) in [4.78, 5) is 0. The van der Waals surface area contributed by atoms with Crippen LogP contribution in [0, 0.1) is 0 Å². The van der Waals surface area contributed by atoms with Crippen molar-refractivity contribution in [3.05, 3.63) is 230 Å². The van der Waals surface area contributed by atoms with E-state index in [2.05, 4.69) is 50.2 Å². The average molecular weight is 973 g/mol. The van der Waals surface area contributed by atoms with Crippen molar-refractivity contribution in [2.75, 3.05) is 14.2 Å². The second-order valence-electron chi connectivity index (χ2n) is 18.4. The Morgan fingerprint density at radius 2 is 0.595 bits per heavy atom. The van der Waals surface area contributed by atoms with E-state index in [1.54, 1.807) is 14.2 Å². The maximum absolute atomic E-state index is 7.08. The fourth-order valence-corrected chi connectivity index (χ4v) is 9.52. The standard InChI is InChI=1S/C65H48O9/c1-65(2)61-40-56(67-4)35-38-58(61)62-57-37-34-55(66-3)39-60(57)64-59(63(62)65)36-7-41-5-8-42(9-6-41)68-43-10-12-44(13-11-43)69-45-14-16-46(17-15-45)70-47-18-20-48(21-19-47)71-49-22-24-50(25-23-49)72-51-26-28-52(29-27-51)73-53-30-32-54(74-64)33-31-53/h5-40H,1-4H3. The predicted molar refractivity (Wildman–Crippen MR) is 295 cm³/mol. The molecule has 0 unspecified atom stereocenters. The smallest absolute Gasteiger partial charge is 0.142 e. The summed E-state index contributed by atoms with van der Waals surface area (Å²) in [6, 6.07) is 70.0. The number of benzene rings is 10. The lowest BCUT2D eigenvalue weighted by Gasteiger charge is -2.23. The summed E-state index contributed by atoms with van der Waals surface area (Å²) >= 11 is 0. The van der Waals surface area contributed by atoms with Crippen molar-refractivity contribution in [2.24, 2.45) is 0 Å². The van der Waals surface area contributed by atoms with E-state index in [4.69, 9.17) is 40.4 Å². The molecular formula is C65H48O9. The van der Waals surface area contributed by atoms with E-state index < -0.39 is 5.41 Å². The Morgan fingerprint density at radius 3 is 0.959 bits per heavy atom. The molecule has 0 aliphatic heterocycles. The van der Waals surface area contributed by atoms with E-state index >= 15 is 0 Å². The first-order valence-electron chi connectivity index (χ1n) is 24.2. The third kappa shape index (κ3) is 9.26. The van der Waals surface area contributed by atoms with Gasteiger partial charge in [0.05, 0.1) is 14.2 Å². The summed E-state index contributed by atoms with van der Waals surface area (Å²) < 4.78 is 55.8. The van der Waals surface area contributed by atoms with Gasteiger partial charge in [0.25, 0.3) is 0 Å². The Bertz CT molecular complexity index is 4320. The van der Waals surface area contributed by atoms with E-state index in [9.17, 15) is 0 Å². The maximum atomic E-state index is 7.08. The highest BCUT2D eigenvalue weighted by Crippen LogP contribution is 2.55. The molecule has 0 atom stereocenters. The van der Waals surface area contributed by atoms with Crippen molar-refractivity contribution in [2.45, 2.75) is 19.3 Å². The van der Waals surface area contributed by atoms with Crippen LogP contribution >= 0.6 is 0 Å². The number of hydrogen-bond acceptors (Lipinski definition) is 9. The maximum Gasteiger partial charge on any atom is 0.142 e. The van der Waals surface area contributed by atoms with Gasteiger partial charge in [0, 0.05) is 16.2 Å². The van der Waals surface area contributed by atoms with Gasteiger partial charge in [-0.2, -0.15) is 0 Å². The van der Waals surface area contributed by atoms with E-state index in [1.165, 1.54) is 5.56 Å². The molecule has 0 radical (unpaired) electrons. The van der Waals surface area contributed by atoms with E-state index in [1.807, 2.05) is 182 Å². The summed E-state index contributed by atoms with van der Waals surface area (Å²) in [5, 5.41) is 3.90. The zero-order chi connectivity index (χ0) is 50.2. The van der Waals surface area contributed by atoms with E-state index in [0.717, 1.165) is 49.7 Å². The Hall–Kier alpha value is -9.60. The molecule has 14 bridgehead atoms. The highest BCUT2D eigenvalue weighted by Gasteiger charge is 2.39. The van der Waals surface area contributed by atoms with E-state index in [0.29, 0.717) is 78.2 Å². The van der Waals surface area contributed by atoms with E-state index in [-0.39, 0.29) is 0 Å². The molecule has 0 saturated heterocycles. The van der Waals surface area contributed by atoms with Crippen LogP contribution in [0.2, 0.25) is 0 Å². The highest BCUT2D eigenvalue weighted by atomic mass is 16.5. The van der Waals surface area contributed by atoms with Gasteiger partial charge in [0.2, 0.25) is 0 Å². The fraction of sp³-hybridized carbons (Fsp3) is 0.0769. The Labute approximate surface area is 424 Å². The predicted octanol–water partition coefficient (Wildman–Crippen LogP) is 18.8. The lowest BCUT2D eigenvalue weighted by molar-refractivity contribution is 0.413. The Kier molecular flexibility index (Phi) is 11.8. The van der Waals surface area contributed by atoms with Crippen molar-refractivity contribution in [3.8, 4) is 22.6 Å². The van der Waals surface area contributed by atoms with Crippen molar-refractivity contribution in [1.29, 1.82) is 0 Å². The summed E-state index contributed by atoms with van der Waals surface area (Å²) in [7, 11) is 3.39. The normalized spacial score (nSPS) is 12.2. The molecule has 362 valence electrons. The van der Waals surface area contributed by atoms with Crippen molar-refractivity contribution < 1.29 is 40.4 Å². The zero-order valence-corrected chi connectivity index (χ0v) is 41.0. The summed E-state index contributed by atoms with van der Waals surface area (Å²) in [6.07, 6.45) is 0. The average Bonchev–Trinajstić information content (AvgIpc) is 3.67. The molecule has 9 heteroatoms. The minimum absolute atomic E-state index is 0.430. The molecule has 74 heavy (non-hydrogen) atoms. The van der Waals surface area contributed by atoms with Crippen LogP contribution in [0.5, 0.6) is 11.5 Å². The number of methoxy groups -OCH3 is 2. The van der Waals surface area contributed by atoms with Crippen LogP contribution in [-0.4, -0.2) is 14.2 Å². The Morgan fingerprint density at radius 1 is 0.297 bits per heavy atom. The topological polar surface area (TPSA) is 110 Å². The van der Waals surface area contributed by atoms with Crippen LogP contribution in [0.25, 0.3) is 111 Å². The monoisotopic (exact) mass is 972 g/mol. The van der Waals surface area contributed by atoms with Gasteiger partial charge < -0.3 is 40.4 Å². The molecule has 1 aliphatic carbocycles. The SMILES string of the molecule is COc1ccc2c(c1)C(C)(C)c1c-2c2ccc(OC)cc2c2oc3ccc(cc3)oc3ccc(cc3)oc3ccc(cc3)oc3ccc(cc3)oc3ccc(cc3)oc3ccc(cc3)oc3ccc(cc3)ccc12. The Balaban J connectivity index is 1.04. The summed E-state index contributed by atoms with van der Waals surface area (Å²) in [6.45, 7) is 4.53. The molecule has 0 amide bonds. The molecule has 11 aromatic heterocycles. The largest absolute Gasteiger partial charge is 0.497 e. The van der Waals surface area contributed by atoms with Crippen molar-refractivity contribution in [1.82, 2.24) is 0 Å². The first-order chi connectivity index (χ1) is 36.2. The van der Waals surface area contributed by atoms with Gasteiger partial charge in [-0.05, 0) is 221 Å². The second-order valence-corrected chi connectivity index (χ2v) is 18.4. The van der Waals surface area contributed by atoms with Crippen LogP contribution in [0.1, 0.15) is 25.0 Å². The number of ether oxygens (including phenoxy) is 2. The van der Waals surface area contributed by atoms with Gasteiger partial charge in [0.1, 0.15) is 89.7 Å². The lowest BCUT2D eigenvalue weighted by Crippen LogP contribution is -2.15. The van der Waals surface area contributed by atoms with Crippen LogP contribution in [0.3, 0.4) is 0 Å². The number of rotatable bonds is 2. The molecule has 11 heterocycles. The summed E-state index contributed by atoms with van der Waals surface area (Å²) in [5.74, 6) is 1.52. The third-order valence-electron chi connectivity index (χ3n) is 13.2. The van der Waals surface area contributed by atoms with Crippen molar-refractivity contribution >= 4 is 99.7 Å². The molecule has 0 fully saturated rings. The van der Waals surface area contributed by atoms with Gasteiger partial charge in [0.15, 0.2) is 0 Å². The minimum atomic E-state index is -0.430. The second kappa shape index (κ2) is 19.2. The molecular weight excluding hydrogens is 925 g/mol. The van der Waals surface area contributed by atoms with Crippen LogP contribution in [0.4, 0.5) is 0 Å². The summed E-state index contributed by atoms with van der Waals surface area (Å²) in [5.41, 5.74) is 13.6. The minimum Gasteiger partial charge on any atom is -0.497 e. The van der Waals surface area contributed by atoms with Gasteiger partial charge in [-0.3, -0.25) is 0 Å². The molecule has 0 N–H and O–H groups in total. The van der Waals surface area contributed by atoms with Gasteiger partial charge in [-0.1, -0.05) is 44.2 Å². The molecule has 10 aromatic carbocycles. The molecule has 0 spiro atoms. The highest BCUT2D eigenvalue weighted by molar-refractivity contribution is 6.16. The fourth-order valence-electron chi connectivity index (χ4n) is 9.52. The van der Waals surface area contributed by atoms with Gasteiger partial charge >= 0.3 is 0 Å². The quantitative estimate of drug-likeness (QED) is 0.167. The van der Waals surface area contributed by atoms with Crippen LogP contribution in [0.15, 0.2) is 249 Å². The number of hydrogen-bond donors (Lipinski definition) is 0. The number of fused-ring (bicyclic) bond motifs is 6. The van der Waals surface area contributed by atoms with Crippen LogP contribution < -0.4 is 9.47 Å². The zero-order valence-electron chi connectivity index (χ0n) is 41.0. The third-order valence-corrected chi connectivity index (χ3v) is 13.2. The molecule has 22 rings (SSSR count). The van der Waals surface area contributed by atoms with Crippen LogP contribution in [-0.2, 0) is 5.41 Å². The molecule has 0 saturated carbocycles. The molecule has 1 aliphatic rings. The first kappa shape index (κ1) is 45.5. The molecule has 21 aromatic rings. The van der Waals surface area contributed by atoms with Gasteiger partial charge in [-0.25, -0.2) is 0 Å². The first-order valence-corrected chi connectivity index (χ1v) is 24.2.